The Labute approximate surface area is 184 Å². The van der Waals surface area contributed by atoms with Crippen molar-refractivity contribution in [3.05, 3.63) is 102 Å². The zero-order valence-electron chi connectivity index (χ0n) is 16.7. The van der Waals surface area contributed by atoms with Crippen molar-refractivity contribution in [2.45, 2.75) is 0 Å². The summed E-state index contributed by atoms with van der Waals surface area (Å²) in [5.41, 5.74) is 4.57. The summed E-state index contributed by atoms with van der Waals surface area (Å²) >= 11 is 1.43. The summed E-state index contributed by atoms with van der Waals surface area (Å²) in [6.07, 6.45) is 0. The first-order chi connectivity index (χ1) is 15.3. The van der Waals surface area contributed by atoms with Crippen molar-refractivity contribution in [2.75, 3.05) is 16.9 Å². The molecule has 152 valence electrons. The van der Waals surface area contributed by atoms with E-state index in [9.17, 15) is 4.79 Å². The minimum absolute atomic E-state index is 0.102. The van der Waals surface area contributed by atoms with Gasteiger partial charge in [0.05, 0.1) is 23.6 Å². The molecule has 0 unspecified atom stereocenters. The molecular weight excluding hydrogens is 404 g/mol. The third-order valence-electron chi connectivity index (χ3n) is 5.16. The lowest BCUT2D eigenvalue weighted by molar-refractivity contribution is -0.117. The van der Waals surface area contributed by atoms with E-state index in [1.807, 2.05) is 101 Å². The summed E-state index contributed by atoms with van der Waals surface area (Å²) in [6, 6.07) is 29.7. The maximum Gasteiger partial charge on any atom is 0.237 e. The van der Waals surface area contributed by atoms with Crippen molar-refractivity contribution in [1.29, 1.82) is 0 Å². The van der Waals surface area contributed by atoms with Gasteiger partial charge in [0.25, 0.3) is 0 Å². The number of nitrogens with one attached hydrogen (secondary N) is 1. The highest BCUT2D eigenvalue weighted by atomic mass is 32.1. The Hall–Kier alpha value is -3.77. The highest BCUT2D eigenvalue weighted by Crippen LogP contribution is 2.28. The van der Waals surface area contributed by atoms with Gasteiger partial charge in [0, 0.05) is 10.9 Å². The quantitative estimate of drug-likeness (QED) is 0.474. The van der Waals surface area contributed by atoms with Crippen LogP contribution < -0.4 is 10.3 Å². The van der Waals surface area contributed by atoms with Crippen LogP contribution in [0.1, 0.15) is 5.56 Å². The molecule has 31 heavy (non-hydrogen) atoms. The molecule has 1 aliphatic rings. The van der Waals surface area contributed by atoms with Crippen molar-refractivity contribution in [1.82, 2.24) is 4.98 Å². The standard InChI is InChI=1S/C25H20N4OS/c30-24(27-25-26-22(17-31-25)18-10-4-1-5-11-18)21-16-29(20-14-8-3-9-15-20)28-23(21)19-12-6-2-7-13-19/h1-15,17,21H,16H2,(H,26,27,30)/t21-/m1/s1. The zero-order chi connectivity index (χ0) is 21.0. The fourth-order valence-electron chi connectivity index (χ4n) is 3.60. The highest BCUT2D eigenvalue weighted by Gasteiger charge is 2.34. The molecule has 1 aromatic heterocycles. The van der Waals surface area contributed by atoms with Gasteiger partial charge in [-0.15, -0.1) is 11.3 Å². The van der Waals surface area contributed by atoms with E-state index >= 15 is 0 Å². The first-order valence-electron chi connectivity index (χ1n) is 10.1. The van der Waals surface area contributed by atoms with E-state index in [-0.39, 0.29) is 5.91 Å². The van der Waals surface area contributed by atoms with E-state index in [2.05, 4.69) is 10.3 Å². The van der Waals surface area contributed by atoms with Crippen LogP contribution in [0.2, 0.25) is 0 Å². The predicted molar refractivity (Wildman–Crippen MR) is 126 cm³/mol. The van der Waals surface area contributed by atoms with Crippen LogP contribution in [0.25, 0.3) is 11.3 Å². The number of thiazole rings is 1. The average molecular weight is 425 g/mol. The van der Waals surface area contributed by atoms with Crippen LogP contribution in [0.4, 0.5) is 10.8 Å². The van der Waals surface area contributed by atoms with Crippen molar-refractivity contribution in [3.8, 4) is 11.3 Å². The van der Waals surface area contributed by atoms with Crippen LogP contribution in [0.15, 0.2) is 101 Å². The minimum Gasteiger partial charge on any atom is -0.301 e. The molecule has 0 fully saturated rings. The van der Waals surface area contributed by atoms with Gasteiger partial charge in [-0.3, -0.25) is 9.80 Å². The van der Waals surface area contributed by atoms with Crippen LogP contribution in [-0.2, 0) is 4.79 Å². The molecule has 3 aromatic carbocycles. The van der Waals surface area contributed by atoms with Crippen molar-refractivity contribution < 1.29 is 4.79 Å². The molecule has 4 aromatic rings. The zero-order valence-corrected chi connectivity index (χ0v) is 17.5. The highest BCUT2D eigenvalue weighted by molar-refractivity contribution is 7.14. The van der Waals surface area contributed by atoms with Gasteiger partial charge in [-0.05, 0) is 17.7 Å². The number of anilines is 2. The first-order valence-corrected chi connectivity index (χ1v) is 10.9. The average Bonchev–Trinajstić information content (AvgIpc) is 3.49. The Morgan fingerprint density at radius 2 is 1.48 bits per heavy atom. The van der Waals surface area contributed by atoms with Crippen LogP contribution in [0, 0.1) is 5.92 Å². The van der Waals surface area contributed by atoms with E-state index < -0.39 is 5.92 Å². The van der Waals surface area contributed by atoms with Gasteiger partial charge in [-0.1, -0.05) is 78.9 Å². The second-order valence-electron chi connectivity index (χ2n) is 7.21. The Morgan fingerprint density at radius 3 is 2.16 bits per heavy atom. The molecule has 0 saturated heterocycles. The van der Waals surface area contributed by atoms with Gasteiger partial charge in [-0.25, -0.2) is 4.98 Å². The molecule has 6 heteroatoms. The van der Waals surface area contributed by atoms with Gasteiger partial charge in [0.2, 0.25) is 5.91 Å². The van der Waals surface area contributed by atoms with Gasteiger partial charge >= 0.3 is 0 Å². The minimum atomic E-state index is -0.397. The first kappa shape index (κ1) is 19.2. The predicted octanol–water partition coefficient (Wildman–Crippen LogP) is 5.29. The second kappa shape index (κ2) is 8.53. The number of hydrogen-bond donors (Lipinski definition) is 1. The SMILES string of the molecule is O=C(Nc1nc(-c2ccccc2)cs1)[C@@H]1CN(c2ccccc2)N=C1c1ccccc1. The van der Waals surface area contributed by atoms with Crippen LogP contribution in [0.5, 0.6) is 0 Å². The Bertz CT molecular complexity index is 1210. The summed E-state index contributed by atoms with van der Waals surface area (Å²) < 4.78 is 0. The van der Waals surface area contributed by atoms with Gasteiger partial charge < -0.3 is 5.32 Å². The largest absolute Gasteiger partial charge is 0.301 e. The number of benzene rings is 3. The van der Waals surface area contributed by atoms with Crippen molar-refractivity contribution in [3.63, 3.8) is 0 Å². The van der Waals surface area contributed by atoms with E-state index in [1.54, 1.807) is 0 Å². The third-order valence-corrected chi connectivity index (χ3v) is 5.92. The number of rotatable bonds is 5. The normalized spacial score (nSPS) is 15.5. The summed E-state index contributed by atoms with van der Waals surface area (Å²) in [4.78, 5) is 17.9. The van der Waals surface area contributed by atoms with Crippen LogP contribution >= 0.6 is 11.3 Å². The number of aromatic nitrogens is 1. The summed E-state index contributed by atoms with van der Waals surface area (Å²) in [5.74, 6) is -0.498. The molecule has 5 rings (SSSR count). The monoisotopic (exact) mass is 424 g/mol. The molecule has 5 nitrogen and oxygen atoms in total. The van der Waals surface area contributed by atoms with Crippen LogP contribution in [0.3, 0.4) is 0 Å². The number of carbonyl (C=O) groups is 1. The molecule has 1 aliphatic heterocycles. The lowest BCUT2D eigenvalue weighted by Crippen LogP contribution is -2.32. The molecule has 0 radical (unpaired) electrons. The van der Waals surface area contributed by atoms with Crippen molar-refractivity contribution in [2.24, 2.45) is 11.0 Å². The number of hydrazone groups is 1. The molecule has 1 atom stereocenters. The summed E-state index contributed by atoms with van der Waals surface area (Å²) in [5, 5.41) is 12.2. The fraction of sp³-hybridized carbons (Fsp3) is 0.0800. The van der Waals surface area contributed by atoms with Gasteiger partial charge in [0.15, 0.2) is 5.13 Å². The van der Waals surface area contributed by atoms with Crippen LogP contribution in [-0.4, -0.2) is 23.1 Å². The lowest BCUT2D eigenvalue weighted by Gasteiger charge is -2.15. The van der Waals surface area contributed by atoms with Crippen molar-refractivity contribution >= 4 is 33.8 Å². The maximum absolute atomic E-state index is 13.3. The smallest absolute Gasteiger partial charge is 0.237 e. The molecule has 1 amide bonds. The lowest BCUT2D eigenvalue weighted by atomic mass is 9.97. The van der Waals surface area contributed by atoms with E-state index in [4.69, 9.17) is 5.10 Å². The summed E-state index contributed by atoms with van der Waals surface area (Å²) in [7, 11) is 0. The second-order valence-corrected chi connectivity index (χ2v) is 8.07. The fourth-order valence-corrected chi connectivity index (χ4v) is 4.33. The molecule has 0 aliphatic carbocycles. The Morgan fingerprint density at radius 1 is 0.871 bits per heavy atom. The molecule has 1 N–H and O–H groups in total. The Kier molecular flexibility index (Phi) is 5.29. The number of hydrogen-bond acceptors (Lipinski definition) is 5. The van der Waals surface area contributed by atoms with E-state index in [1.165, 1.54) is 11.3 Å². The van der Waals surface area contributed by atoms with Gasteiger partial charge in [0.1, 0.15) is 5.92 Å². The number of carbonyl (C=O) groups excluding carboxylic acids is 1. The molecule has 0 saturated carbocycles. The van der Waals surface area contributed by atoms with Gasteiger partial charge in [-0.2, -0.15) is 5.10 Å². The maximum atomic E-state index is 13.3. The Balaban J connectivity index is 1.39. The molecule has 0 bridgehead atoms. The number of amides is 1. The van der Waals surface area contributed by atoms with E-state index in [0.717, 1.165) is 28.2 Å². The van der Waals surface area contributed by atoms with E-state index in [0.29, 0.717) is 11.7 Å². The molecule has 0 spiro atoms. The number of para-hydroxylation sites is 1. The molecule has 2 heterocycles. The molecular formula is C25H20N4OS. The summed E-state index contributed by atoms with van der Waals surface area (Å²) in [6.45, 7) is 0.483. The topological polar surface area (TPSA) is 57.6 Å². The third kappa shape index (κ3) is 4.11. The number of nitrogens with zero attached hydrogens (tertiary/aromatic N) is 3.